The van der Waals surface area contributed by atoms with E-state index in [1.54, 1.807) is 44.2 Å². The van der Waals surface area contributed by atoms with Gasteiger partial charge in [0, 0.05) is 12.3 Å². The molecule has 5 atom stereocenters. The highest BCUT2D eigenvalue weighted by molar-refractivity contribution is 5.77. The van der Waals surface area contributed by atoms with Crippen molar-refractivity contribution in [2.24, 2.45) is 11.7 Å². The lowest BCUT2D eigenvalue weighted by molar-refractivity contribution is -0.217. The van der Waals surface area contributed by atoms with Crippen molar-refractivity contribution in [2.75, 3.05) is 6.61 Å². The van der Waals surface area contributed by atoms with Crippen LogP contribution in [0.4, 0.5) is 4.39 Å². The summed E-state index contributed by atoms with van der Waals surface area (Å²) < 4.78 is 31.8. The summed E-state index contributed by atoms with van der Waals surface area (Å²) in [4.78, 5) is 49.6. The topological polar surface area (TPSA) is 172 Å². The van der Waals surface area contributed by atoms with E-state index in [-0.39, 0.29) is 0 Å². The van der Waals surface area contributed by atoms with Crippen LogP contribution in [0, 0.1) is 5.92 Å². The fourth-order valence-corrected chi connectivity index (χ4v) is 3.86. The summed E-state index contributed by atoms with van der Waals surface area (Å²) >= 11 is 0. The Morgan fingerprint density at radius 1 is 1.11 bits per heavy atom. The highest BCUT2D eigenvalue weighted by atomic mass is 19.2. The van der Waals surface area contributed by atoms with Gasteiger partial charge in [-0.1, -0.05) is 44.2 Å². The number of benzene rings is 1. The van der Waals surface area contributed by atoms with Crippen LogP contribution in [0.25, 0.3) is 0 Å². The number of carbonyl (C=O) groups is 2. The van der Waals surface area contributed by atoms with Crippen molar-refractivity contribution < 1.29 is 38.4 Å². The Hall–Kier alpha value is -3.39. The molecule has 0 bridgehead atoms. The molecule has 1 aliphatic rings. The van der Waals surface area contributed by atoms with Gasteiger partial charge in [0.25, 0.3) is 11.4 Å². The third-order valence-corrected chi connectivity index (χ3v) is 6.22. The molecule has 4 N–H and O–H groups in total. The van der Waals surface area contributed by atoms with Gasteiger partial charge in [-0.15, -0.1) is 0 Å². The van der Waals surface area contributed by atoms with Crippen LogP contribution in [0.1, 0.15) is 44.5 Å². The molecule has 12 nitrogen and oxygen atoms in total. The maximum Gasteiger partial charge on any atom is 0.335 e. The molecule has 202 valence electrons. The lowest BCUT2D eigenvalue weighted by atomic mass is 10.0. The molecule has 13 heteroatoms. The minimum atomic E-state index is -3.10. The molecule has 2 heterocycles. The minimum absolute atomic E-state index is 0.407. The van der Waals surface area contributed by atoms with E-state index >= 15 is 4.39 Å². The molecule has 1 aromatic heterocycles. The zero-order valence-corrected chi connectivity index (χ0v) is 20.4. The number of hydrogen-bond donors (Lipinski definition) is 3. The number of nitrogens with zero attached hydrogens (tertiary/aromatic N) is 2. The monoisotopic (exact) mass is 523 g/mol. The number of rotatable bonds is 10. The Morgan fingerprint density at radius 2 is 1.76 bits per heavy atom. The van der Waals surface area contributed by atoms with Gasteiger partial charge >= 0.3 is 17.6 Å². The summed E-state index contributed by atoms with van der Waals surface area (Å²) in [5.41, 5.74) is 4.32. The molecule has 1 saturated heterocycles. The number of nitrogens with two attached hydrogens (primary N) is 1. The first kappa shape index (κ1) is 28.2. The number of esters is 2. The summed E-state index contributed by atoms with van der Waals surface area (Å²) in [6, 6.07) is 7.83. The van der Waals surface area contributed by atoms with Crippen molar-refractivity contribution in [2.45, 2.75) is 63.8 Å². The fourth-order valence-electron chi connectivity index (χ4n) is 3.86. The van der Waals surface area contributed by atoms with E-state index in [0.717, 1.165) is 12.3 Å². The number of ether oxygens (including phenoxy) is 3. The molecule has 1 aromatic carbocycles. The van der Waals surface area contributed by atoms with Gasteiger partial charge in [0.15, 0.2) is 19.6 Å². The number of hydrogen-bond acceptors (Lipinski definition) is 10. The van der Waals surface area contributed by atoms with Crippen LogP contribution in [0.15, 0.2) is 52.2 Å². The van der Waals surface area contributed by atoms with Crippen molar-refractivity contribution in [3.63, 3.8) is 0 Å². The van der Waals surface area contributed by atoms with Gasteiger partial charge in [0.1, 0.15) is 18.2 Å². The first-order valence-corrected chi connectivity index (χ1v) is 11.7. The average Bonchev–Trinajstić information content (AvgIpc) is 3.12. The maximum absolute atomic E-state index is 15.4. The predicted octanol–water partition coefficient (Wildman–Crippen LogP) is 0.107. The van der Waals surface area contributed by atoms with Crippen LogP contribution < -0.4 is 17.0 Å². The Bertz CT molecular complexity index is 1210. The van der Waals surface area contributed by atoms with E-state index in [1.165, 1.54) is 0 Å². The van der Waals surface area contributed by atoms with Crippen molar-refractivity contribution >= 4 is 11.9 Å². The second kappa shape index (κ2) is 11.8. The molecule has 0 amide bonds. The molecule has 2 aromatic rings. The van der Waals surface area contributed by atoms with Crippen LogP contribution in [-0.2, 0) is 30.5 Å². The Kier molecular flexibility index (Phi) is 8.97. The number of aliphatic hydroxyl groups excluding tert-OH is 2. The second-order valence-electron chi connectivity index (χ2n) is 8.60. The first-order chi connectivity index (χ1) is 17.5. The SMILES string of the molecule is CCC(CC)C(=O)OCn1c(=O)ccn([C@@H]2O[C@](F)(COC(=O)[C@@H](N)c3ccccc3)[C@@H](O)[C@H]2O)c1=O. The third-order valence-electron chi connectivity index (χ3n) is 6.22. The lowest BCUT2D eigenvalue weighted by Gasteiger charge is -2.23. The van der Waals surface area contributed by atoms with E-state index in [4.69, 9.17) is 19.9 Å². The molecule has 0 unspecified atom stereocenters. The highest BCUT2D eigenvalue weighted by Gasteiger charge is 2.57. The smallest absolute Gasteiger partial charge is 0.335 e. The third kappa shape index (κ3) is 5.96. The van der Waals surface area contributed by atoms with Crippen LogP contribution in [0.3, 0.4) is 0 Å². The molecule has 0 radical (unpaired) electrons. The van der Waals surface area contributed by atoms with Gasteiger partial charge in [0.2, 0.25) is 0 Å². The quantitative estimate of drug-likeness (QED) is 0.363. The lowest BCUT2D eigenvalue weighted by Crippen LogP contribution is -2.44. The van der Waals surface area contributed by atoms with E-state index in [2.05, 4.69) is 0 Å². The van der Waals surface area contributed by atoms with Crippen LogP contribution >= 0.6 is 0 Å². The molecular weight excluding hydrogens is 493 g/mol. The summed E-state index contributed by atoms with van der Waals surface area (Å²) in [5, 5.41) is 20.7. The van der Waals surface area contributed by atoms with Crippen molar-refractivity contribution in [1.29, 1.82) is 0 Å². The Labute approximate surface area is 211 Å². The molecule has 0 spiro atoms. The number of aromatic nitrogens is 2. The zero-order valence-electron chi connectivity index (χ0n) is 20.4. The largest absolute Gasteiger partial charge is 0.458 e. The average molecular weight is 524 g/mol. The predicted molar refractivity (Wildman–Crippen MR) is 125 cm³/mol. The van der Waals surface area contributed by atoms with E-state index < -0.39 is 72.8 Å². The van der Waals surface area contributed by atoms with Gasteiger partial charge < -0.3 is 30.2 Å². The van der Waals surface area contributed by atoms with E-state index in [9.17, 15) is 29.4 Å². The van der Waals surface area contributed by atoms with Crippen molar-refractivity contribution in [1.82, 2.24) is 9.13 Å². The zero-order chi connectivity index (χ0) is 27.3. The van der Waals surface area contributed by atoms with Gasteiger partial charge in [-0.05, 0) is 18.4 Å². The molecule has 1 aliphatic heterocycles. The van der Waals surface area contributed by atoms with E-state index in [0.29, 0.717) is 27.5 Å². The van der Waals surface area contributed by atoms with Crippen molar-refractivity contribution in [3.8, 4) is 0 Å². The van der Waals surface area contributed by atoms with E-state index in [1.807, 2.05) is 0 Å². The van der Waals surface area contributed by atoms with Gasteiger partial charge in [-0.2, -0.15) is 0 Å². The number of halogens is 1. The van der Waals surface area contributed by atoms with Crippen LogP contribution in [0.2, 0.25) is 0 Å². The number of alkyl halides is 1. The first-order valence-electron chi connectivity index (χ1n) is 11.7. The summed E-state index contributed by atoms with van der Waals surface area (Å²) in [7, 11) is 0. The van der Waals surface area contributed by atoms with Crippen LogP contribution in [-0.4, -0.2) is 56.0 Å². The summed E-state index contributed by atoms with van der Waals surface area (Å²) in [5.74, 6) is -5.13. The fraction of sp³-hybridized carbons (Fsp3) is 0.500. The van der Waals surface area contributed by atoms with Crippen LogP contribution in [0.5, 0.6) is 0 Å². The summed E-state index contributed by atoms with van der Waals surface area (Å²) in [6.07, 6.45) is -4.06. The molecule has 0 aliphatic carbocycles. The normalized spacial score (nSPS) is 24.1. The molecule has 3 rings (SSSR count). The van der Waals surface area contributed by atoms with Gasteiger partial charge in [-0.25, -0.2) is 18.5 Å². The standard InChI is InChI=1S/C24H30FN3O9/c1-3-14(4-2)21(32)36-13-28-16(29)10-11-27(23(28)34)20-18(30)19(31)24(25,37-20)12-35-22(33)17(26)15-8-6-5-7-9-15/h5-11,14,17-20,30-31H,3-4,12-13,26H2,1-2H3/t17-,18+,19-,20+,24+/m0/s1. The Balaban J connectivity index is 1.75. The molecule has 0 saturated carbocycles. The molecule has 1 fully saturated rings. The van der Waals surface area contributed by atoms with Crippen molar-refractivity contribution in [3.05, 3.63) is 69.0 Å². The molecule has 37 heavy (non-hydrogen) atoms. The highest BCUT2D eigenvalue weighted by Crippen LogP contribution is 2.38. The summed E-state index contributed by atoms with van der Waals surface area (Å²) in [6.45, 7) is 1.73. The molecular formula is C24H30FN3O9. The van der Waals surface area contributed by atoms with Gasteiger partial charge in [-0.3, -0.25) is 14.2 Å². The minimum Gasteiger partial charge on any atom is -0.458 e. The second-order valence-corrected chi connectivity index (χ2v) is 8.60. The Morgan fingerprint density at radius 3 is 2.38 bits per heavy atom. The maximum atomic E-state index is 15.4. The number of aliphatic hydroxyl groups is 2. The number of carbonyl (C=O) groups excluding carboxylic acids is 2. The van der Waals surface area contributed by atoms with Gasteiger partial charge in [0.05, 0.1) is 5.92 Å².